The molecule has 0 atom stereocenters. The summed E-state index contributed by atoms with van der Waals surface area (Å²) >= 11 is 0. The first kappa shape index (κ1) is 12.0. The minimum atomic E-state index is 0.0883. The zero-order chi connectivity index (χ0) is 13.9. The third kappa shape index (κ3) is 2.14. The van der Waals surface area contributed by atoms with Crippen molar-refractivity contribution in [2.45, 2.75) is 0 Å². The van der Waals surface area contributed by atoms with Crippen LogP contribution in [-0.4, -0.2) is 43.0 Å². The van der Waals surface area contributed by atoms with Crippen LogP contribution < -0.4 is 5.32 Å². The van der Waals surface area contributed by atoms with Crippen molar-refractivity contribution < 1.29 is 5.11 Å². The van der Waals surface area contributed by atoms with Crippen LogP contribution in [0.15, 0.2) is 30.3 Å². The van der Waals surface area contributed by atoms with E-state index >= 15 is 0 Å². The van der Waals surface area contributed by atoms with E-state index in [2.05, 4.69) is 36.1 Å². The van der Waals surface area contributed by atoms with Crippen molar-refractivity contribution in [2.75, 3.05) is 12.4 Å². The minimum Gasteiger partial charge on any atom is -0.507 e. The molecule has 2 aromatic heterocycles. The first-order valence-corrected chi connectivity index (χ1v) is 5.87. The van der Waals surface area contributed by atoms with E-state index in [1.807, 2.05) is 0 Å². The van der Waals surface area contributed by atoms with Crippen molar-refractivity contribution in [2.24, 2.45) is 0 Å². The number of aromatic amines is 1. The fourth-order valence-electron chi connectivity index (χ4n) is 1.79. The summed E-state index contributed by atoms with van der Waals surface area (Å²) in [5, 5.41) is 34.4. The molecular formula is C12H11N7O. The van der Waals surface area contributed by atoms with Gasteiger partial charge in [0.15, 0.2) is 5.82 Å². The lowest BCUT2D eigenvalue weighted by atomic mass is 10.1. The predicted molar refractivity (Wildman–Crippen MR) is 71.9 cm³/mol. The summed E-state index contributed by atoms with van der Waals surface area (Å²) in [4.78, 5) is 0. The fraction of sp³-hybridized carbons (Fsp3) is 0.0833. The Hall–Kier alpha value is -3.03. The van der Waals surface area contributed by atoms with Crippen molar-refractivity contribution in [3.05, 3.63) is 30.3 Å². The summed E-state index contributed by atoms with van der Waals surface area (Å²) in [5.74, 6) is 1.24. The van der Waals surface area contributed by atoms with Crippen molar-refractivity contribution in [3.8, 4) is 28.4 Å². The zero-order valence-corrected chi connectivity index (χ0v) is 10.6. The monoisotopic (exact) mass is 269 g/mol. The normalized spacial score (nSPS) is 10.4. The van der Waals surface area contributed by atoms with Gasteiger partial charge in [-0.25, -0.2) is 5.10 Å². The number of aromatic hydroxyl groups is 1. The molecule has 3 rings (SSSR count). The maximum absolute atomic E-state index is 10.1. The van der Waals surface area contributed by atoms with Crippen LogP contribution in [0.4, 0.5) is 5.82 Å². The minimum absolute atomic E-state index is 0.0883. The molecule has 20 heavy (non-hydrogen) atoms. The van der Waals surface area contributed by atoms with Crippen LogP contribution in [0.1, 0.15) is 0 Å². The Kier molecular flexibility index (Phi) is 2.96. The van der Waals surface area contributed by atoms with E-state index in [4.69, 9.17) is 0 Å². The maximum atomic E-state index is 10.1. The van der Waals surface area contributed by atoms with Gasteiger partial charge in [-0.3, -0.25) is 0 Å². The molecule has 0 radical (unpaired) electrons. The Labute approximate surface area is 113 Å². The Balaban J connectivity index is 1.98. The molecule has 8 heteroatoms. The third-order valence-corrected chi connectivity index (χ3v) is 2.81. The number of rotatable bonds is 3. The quantitative estimate of drug-likeness (QED) is 0.651. The van der Waals surface area contributed by atoms with Crippen LogP contribution in [0.5, 0.6) is 5.75 Å². The largest absolute Gasteiger partial charge is 0.507 e. The lowest BCUT2D eigenvalue weighted by Crippen LogP contribution is -1.95. The maximum Gasteiger partial charge on any atom is 0.179 e. The SMILES string of the molecule is CNc1ccc(-c2ccc(-c3nnn[nH]3)cc2O)nn1. The number of hydrogen-bond acceptors (Lipinski definition) is 7. The first-order chi connectivity index (χ1) is 9.78. The van der Waals surface area contributed by atoms with Gasteiger partial charge in [-0.2, -0.15) is 0 Å². The van der Waals surface area contributed by atoms with Gasteiger partial charge in [0.1, 0.15) is 11.6 Å². The van der Waals surface area contributed by atoms with Gasteiger partial charge in [-0.05, 0) is 34.7 Å². The van der Waals surface area contributed by atoms with Gasteiger partial charge >= 0.3 is 0 Å². The van der Waals surface area contributed by atoms with E-state index in [-0.39, 0.29) is 5.75 Å². The average Bonchev–Trinajstić information content (AvgIpc) is 3.01. The van der Waals surface area contributed by atoms with E-state index < -0.39 is 0 Å². The highest BCUT2D eigenvalue weighted by atomic mass is 16.3. The zero-order valence-electron chi connectivity index (χ0n) is 10.6. The number of phenolic OH excluding ortho intramolecular Hbond substituents is 1. The van der Waals surface area contributed by atoms with Gasteiger partial charge in [0, 0.05) is 18.2 Å². The number of anilines is 1. The molecule has 0 aliphatic rings. The van der Waals surface area contributed by atoms with Crippen LogP contribution in [0.25, 0.3) is 22.6 Å². The lowest BCUT2D eigenvalue weighted by Gasteiger charge is -2.05. The molecule has 3 N–H and O–H groups in total. The van der Waals surface area contributed by atoms with E-state index in [1.54, 1.807) is 37.4 Å². The van der Waals surface area contributed by atoms with Crippen molar-refractivity contribution in [1.82, 2.24) is 30.8 Å². The molecule has 1 aromatic carbocycles. The third-order valence-electron chi connectivity index (χ3n) is 2.81. The predicted octanol–water partition coefficient (Wildman–Crippen LogP) is 1.07. The topological polar surface area (TPSA) is 113 Å². The number of nitrogens with zero attached hydrogens (tertiary/aromatic N) is 5. The van der Waals surface area contributed by atoms with Crippen molar-refractivity contribution in [1.29, 1.82) is 0 Å². The molecule has 0 spiro atoms. The molecule has 0 aliphatic carbocycles. The Bertz CT molecular complexity index is 709. The molecule has 100 valence electrons. The number of H-pyrrole nitrogens is 1. The Morgan fingerprint density at radius 3 is 2.60 bits per heavy atom. The fourth-order valence-corrected chi connectivity index (χ4v) is 1.79. The highest BCUT2D eigenvalue weighted by Crippen LogP contribution is 2.31. The van der Waals surface area contributed by atoms with Gasteiger partial charge in [-0.15, -0.1) is 15.3 Å². The average molecular weight is 269 g/mol. The summed E-state index contributed by atoms with van der Waals surface area (Å²) in [6.07, 6.45) is 0. The molecule has 0 bridgehead atoms. The van der Waals surface area contributed by atoms with Crippen molar-refractivity contribution in [3.63, 3.8) is 0 Å². The lowest BCUT2D eigenvalue weighted by molar-refractivity contribution is 0.477. The number of phenols is 1. The molecule has 0 saturated heterocycles. The summed E-state index contributed by atoms with van der Waals surface area (Å²) in [5.41, 5.74) is 1.87. The highest BCUT2D eigenvalue weighted by molar-refractivity contribution is 5.71. The molecule has 8 nitrogen and oxygen atoms in total. The number of benzene rings is 1. The second kappa shape index (κ2) is 4.92. The standard InChI is InChI=1S/C12H11N7O/c1-13-11-5-4-9(14-15-11)8-3-2-7(6-10(8)20)12-16-18-19-17-12/h2-6,20H,1H3,(H,13,15)(H,16,17,18,19). The second-order valence-corrected chi connectivity index (χ2v) is 4.04. The van der Waals surface area contributed by atoms with Crippen LogP contribution in [0.3, 0.4) is 0 Å². The summed E-state index contributed by atoms with van der Waals surface area (Å²) < 4.78 is 0. The molecular weight excluding hydrogens is 258 g/mol. The van der Waals surface area contributed by atoms with Crippen molar-refractivity contribution >= 4 is 5.82 Å². The van der Waals surface area contributed by atoms with Gasteiger partial charge < -0.3 is 10.4 Å². The highest BCUT2D eigenvalue weighted by Gasteiger charge is 2.10. The van der Waals surface area contributed by atoms with E-state index in [1.165, 1.54) is 0 Å². The smallest absolute Gasteiger partial charge is 0.179 e. The number of aromatic nitrogens is 6. The van der Waals surface area contributed by atoms with Crippen LogP contribution in [-0.2, 0) is 0 Å². The molecule has 0 fully saturated rings. The molecule has 0 amide bonds. The van der Waals surface area contributed by atoms with Gasteiger partial charge in [0.25, 0.3) is 0 Å². The molecule has 0 saturated carbocycles. The van der Waals surface area contributed by atoms with E-state index in [0.29, 0.717) is 28.5 Å². The van der Waals surface area contributed by atoms with E-state index in [9.17, 15) is 5.11 Å². The molecule has 3 aromatic rings. The van der Waals surface area contributed by atoms with Gasteiger partial charge in [0.05, 0.1) is 5.69 Å². The van der Waals surface area contributed by atoms with Crippen LogP contribution >= 0.6 is 0 Å². The summed E-state index contributed by atoms with van der Waals surface area (Å²) in [7, 11) is 1.77. The second-order valence-electron chi connectivity index (χ2n) is 4.04. The molecule has 0 unspecified atom stereocenters. The number of nitrogens with one attached hydrogen (secondary N) is 2. The van der Waals surface area contributed by atoms with Gasteiger partial charge in [-0.1, -0.05) is 6.07 Å². The first-order valence-electron chi connectivity index (χ1n) is 5.87. The molecule has 0 aliphatic heterocycles. The summed E-state index contributed by atoms with van der Waals surface area (Å²) in [6.45, 7) is 0. The Morgan fingerprint density at radius 2 is 2.00 bits per heavy atom. The number of tetrazole rings is 1. The van der Waals surface area contributed by atoms with Gasteiger partial charge in [0.2, 0.25) is 0 Å². The summed E-state index contributed by atoms with van der Waals surface area (Å²) in [6, 6.07) is 8.69. The van der Waals surface area contributed by atoms with Crippen LogP contribution in [0, 0.1) is 0 Å². The Morgan fingerprint density at radius 1 is 1.10 bits per heavy atom. The number of hydrogen-bond donors (Lipinski definition) is 3. The molecule has 2 heterocycles. The van der Waals surface area contributed by atoms with E-state index in [0.717, 1.165) is 0 Å². The van der Waals surface area contributed by atoms with Crippen LogP contribution in [0.2, 0.25) is 0 Å².